The molecule has 0 saturated heterocycles. The van der Waals surface area contributed by atoms with Crippen molar-refractivity contribution in [2.24, 2.45) is 10.2 Å². The average molecular weight is 380 g/mol. The zero-order valence-electron chi connectivity index (χ0n) is 14.5. The van der Waals surface area contributed by atoms with Crippen molar-refractivity contribution in [3.8, 4) is 16.6 Å². The molecular formula is C21H12N6S. The van der Waals surface area contributed by atoms with Crippen LogP contribution in [0.2, 0.25) is 0 Å². The fraction of sp³-hybridized carbons (Fsp3) is 0. The van der Waals surface area contributed by atoms with E-state index >= 15 is 0 Å². The molecule has 0 aliphatic heterocycles. The monoisotopic (exact) mass is 380 g/mol. The summed E-state index contributed by atoms with van der Waals surface area (Å²) >= 11 is 1.62. The molecule has 3 aromatic heterocycles. The van der Waals surface area contributed by atoms with E-state index in [2.05, 4.69) is 26.3 Å². The van der Waals surface area contributed by atoms with Gasteiger partial charge < -0.3 is 0 Å². The quantitative estimate of drug-likeness (QED) is 0.366. The van der Waals surface area contributed by atoms with Gasteiger partial charge in [-0.25, -0.2) is 9.97 Å². The van der Waals surface area contributed by atoms with Gasteiger partial charge in [0, 0.05) is 0 Å². The number of fused-ring (bicyclic) bond motifs is 3. The van der Waals surface area contributed by atoms with Crippen LogP contribution >= 0.6 is 11.3 Å². The maximum absolute atomic E-state index is 9.28. The smallest absolute Gasteiger partial charge is 0.235 e. The lowest BCUT2D eigenvalue weighted by Gasteiger charge is -2.07. The van der Waals surface area contributed by atoms with Gasteiger partial charge in [0.1, 0.15) is 17.4 Å². The number of para-hydroxylation sites is 2. The first-order valence-corrected chi connectivity index (χ1v) is 9.44. The van der Waals surface area contributed by atoms with Gasteiger partial charge in [-0.05, 0) is 35.7 Å². The minimum absolute atomic E-state index is 0.478. The number of hydrogen-bond donors (Lipinski definition) is 0. The van der Waals surface area contributed by atoms with Crippen LogP contribution in [0.3, 0.4) is 0 Å². The molecule has 0 aliphatic carbocycles. The van der Waals surface area contributed by atoms with Crippen LogP contribution in [0.1, 0.15) is 5.56 Å². The average Bonchev–Trinajstić information content (AvgIpc) is 3.40. The molecule has 0 radical (unpaired) electrons. The predicted octanol–water partition coefficient (Wildman–Crippen LogP) is 5.90. The van der Waals surface area contributed by atoms with Crippen LogP contribution < -0.4 is 0 Å². The van der Waals surface area contributed by atoms with Crippen LogP contribution in [0.5, 0.6) is 0 Å². The normalized spacial score (nSPS) is 11.4. The summed E-state index contributed by atoms with van der Waals surface area (Å²) in [6.45, 7) is 0. The second kappa shape index (κ2) is 6.68. The van der Waals surface area contributed by atoms with E-state index in [0.717, 1.165) is 21.6 Å². The number of hydrogen-bond acceptors (Lipinski definition) is 6. The van der Waals surface area contributed by atoms with E-state index < -0.39 is 0 Å². The maximum Gasteiger partial charge on any atom is 0.235 e. The van der Waals surface area contributed by atoms with E-state index in [-0.39, 0.29) is 0 Å². The number of nitrogens with zero attached hydrogens (tertiary/aromatic N) is 6. The maximum atomic E-state index is 9.28. The Morgan fingerprint density at radius 2 is 1.75 bits per heavy atom. The lowest BCUT2D eigenvalue weighted by Crippen LogP contribution is -1.94. The molecular weight excluding hydrogens is 368 g/mol. The molecule has 6 nitrogen and oxygen atoms in total. The molecule has 0 N–H and O–H groups in total. The van der Waals surface area contributed by atoms with Crippen molar-refractivity contribution in [1.82, 2.24) is 14.4 Å². The third kappa shape index (κ3) is 2.64. The molecule has 0 atom stereocenters. The first kappa shape index (κ1) is 16.3. The standard InChI is InChI=1S/C21H12N6S/c22-12-14-6-1-2-7-15(14)25-26-17-13-23-21-24-16-8-3-4-9-18(16)27(21)20(17)19-10-5-11-28-19/h1-11,13H. The van der Waals surface area contributed by atoms with Gasteiger partial charge >= 0.3 is 0 Å². The summed E-state index contributed by atoms with van der Waals surface area (Å²) in [6.07, 6.45) is 1.68. The van der Waals surface area contributed by atoms with Crippen LogP contribution in [0.15, 0.2) is 82.5 Å². The predicted molar refractivity (Wildman–Crippen MR) is 109 cm³/mol. The first-order chi connectivity index (χ1) is 13.8. The van der Waals surface area contributed by atoms with Crippen molar-refractivity contribution < 1.29 is 0 Å². The molecule has 0 saturated carbocycles. The number of benzene rings is 2. The summed E-state index contributed by atoms with van der Waals surface area (Å²) in [5.74, 6) is 0.612. The lowest BCUT2D eigenvalue weighted by molar-refractivity contribution is 1.11. The second-order valence-corrected chi connectivity index (χ2v) is 6.98. The number of rotatable bonds is 3. The van der Waals surface area contributed by atoms with Gasteiger partial charge in [-0.2, -0.15) is 5.26 Å². The third-order valence-corrected chi connectivity index (χ3v) is 5.23. The fourth-order valence-corrected chi connectivity index (χ4v) is 3.87. The van der Waals surface area contributed by atoms with Gasteiger partial charge in [0.25, 0.3) is 0 Å². The fourth-order valence-electron chi connectivity index (χ4n) is 3.10. The Labute approximate surface area is 164 Å². The molecule has 132 valence electrons. The second-order valence-electron chi connectivity index (χ2n) is 6.03. The topological polar surface area (TPSA) is 78.7 Å². The molecule has 5 aromatic rings. The molecule has 0 unspecified atom stereocenters. The molecule has 28 heavy (non-hydrogen) atoms. The van der Waals surface area contributed by atoms with Gasteiger partial charge in [0.05, 0.1) is 33.4 Å². The van der Waals surface area contributed by atoms with Crippen molar-refractivity contribution in [2.75, 3.05) is 0 Å². The molecule has 3 heterocycles. The number of aromatic nitrogens is 3. The van der Waals surface area contributed by atoms with Crippen LogP contribution in [-0.2, 0) is 0 Å². The van der Waals surface area contributed by atoms with Gasteiger partial charge in [0.15, 0.2) is 0 Å². The Kier molecular flexibility index (Phi) is 3.89. The van der Waals surface area contributed by atoms with Gasteiger partial charge in [-0.1, -0.05) is 30.3 Å². The van der Waals surface area contributed by atoms with E-state index in [0.29, 0.717) is 22.7 Å². The van der Waals surface area contributed by atoms with E-state index in [1.807, 2.05) is 52.2 Å². The molecule has 0 aliphatic rings. The summed E-state index contributed by atoms with van der Waals surface area (Å²) in [5, 5.41) is 20.1. The Balaban J connectivity index is 1.77. The number of azo groups is 1. The summed E-state index contributed by atoms with van der Waals surface area (Å²) in [6, 6.07) is 21.2. The van der Waals surface area contributed by atoms with Crippen molar-refractivity contribution >= 4 is 39.5 Å². The summed E-state index contributed by atoms with van der Waals surface area (Å²) < 4.78 is 2.01. The number of thiophene rings is 1. The highest BCUT2D eigenvalue weighted by atomic mass is 32.1. The Morgan fingerprint density at radius 1 is 0.929 bits per heavy atom. The molecule has 0 spiro atoms. The number of imidazole rings is 1. The minimum Gasteiger partial charge on any atom is -0.273 e. The number of nitriles is 1. The molecule has 7 heteroatoms. The van der Waals surface area contributed by atoms with Crippen LogP contribution in [-0.4, -0.2) is 14.4 Å². The Hall–Kier alpha value is -3.89. The molecule has 0 amide bonds. The highest BCUT2D eigenvalue weighted by Gasteiger charge is 2.16. The highest BCUT2D eigenvalue weighted by Crippen LogP contribution is 2.36. The minimum atomic E-state index is 0.478. The van der Waals surface area contributed by atoms with Crippen molar-refractivity contribution in [3.05, 3.63) is 77.8 Å². The van der Waals surface area contributed by atoms with Gasteiger partial charge in [-0.3, -0.25) is 4.40 Å². The molecule has 0 fully saturated rings. The third-order valence-electron chi connectivity index (χ3n) is 4.36. The van der Waals surface area contributed by atoms with E-state index in [1.54, 1.807) is 35.7 Å². The SMILES string of the molecule is N#Cc1ccccc1N=Nc1cnc2nc3ccccc3n2c1-c1cccs1. The molecule has 0 bridgehead atoms. The summed E-state index contributed by atoms with van der Waals surface area (Å²) in [7, 11) is 0. The molecule has 5 rings (SSSR count). The van der Waals surface area contributed by atoms with Gasteiger partial charge in [0.2, 0.25) is 5.78 Å². The van der Waals surface area contributed by atoms with Crippen LogP contribution in [0, 0.1) is 11.3 Å². The first-order valence-electron chi connectivity index (χ1n) is 8.56. The van der Waals surface area contributed by atoms with Gasteiger partial charge in [-0.15, -0.1) is 21.6 Å². The summed E-state index contributed by atoms with van der Waals surface area (Å²) in [4.78, 5) is 10.1. The zero-order chi connectivity index (χ0) is 18.9. The van der Waals surface area contributed by atoms with Crippen molar-refractivity contribution in [2.45, 2.75) is 0 Å². The van der Waals surface area contributed by atoms with E-state index in [4.69, 9.17) is 0 Å². The Morgan fingerprint density at radius 3 is 2.61 bits per heavy atom. The van der Waals surface area contributed by atoms with Crippen molar-refractivity contribution in [1.29, 1.82) is 5.26 Å². The lowest BCUT2D eigenvalue weighted by atomic mass is 10.2. The zero-order valence-corrected chi connectivity index (χ0v) is 15.3. The van der Waals surface area contributed by atoms with Crippen LogP contribution in [0.25, 0.3) is 27.4 Å². The largest absolute Gasteiger partial charge is 0.273 e. The summed E-state index contributed by atoms with van der Waals surface area (Å²) in [5.41, 5.74) is 4.33. The molecule has 2 aromatic carbocycles. The Bertz CT molecular complexity index is 1380. The van der Waals surface area contributed by atoms with Crippen LogP contribution in [0.4, 0.5) is 11.4 Å². The highest BCUT2D eigenvalue weighted by molar-refractivity contribution is 7.13. The van der Waals surface area contributed by atoms with E-state index in [9.17, 15) is 5.26 Å². The van der Waals surface area contributed by atoms with Crippen molar-refractivity contribution in [3.63, 3.8) is 0 Å². The van der Waals surface area contributed by atoms with E-state index in [1.165, 1.54) is 0 Å².